The van der Waals surface area contributed by atoms with Gasteiger partial charge in [-0.05, 0) is 6.07 Å². The number of nitrogens with two attached hydrogens (primary N) is 1. The average Bonchev–Trinajstić information content (AvgIpc) is 2.16. The molecular formula is C10H12F3NO. The predicted molar refractivity (Wildman–Crippen MR) is 50.5 cm³/mol. The zero-order chi connectivity index (χ0) is 11.4. The number of hydrogen-bond donors (Lipinski definition) is 1. The van der Waals surface area contributed by atoms with Gasteiger partial charge in [0.15, 0.2) is 0 Å². The highest BCUT2D eigenvalue weighted by Crippen LogP contribution is 2.27. The van der Waals surface area contributed by atoms with E-state index >= 15 is 0 Å². The molecule has 84 valence electrons. The monoisotopic (exact) mass is 219 g/mol. The molecule has 0 radical (unpaired) electrons. The van der Waals surface area contributed by atoms with Gasteiger partial charge in [-0.15, -0.1) is 0 Å². The molecule has 0 aliphatic rings. The summed E-state index contributed by atoms with van der Waals surface area (Å²) in [5.74, 6) is -0.289. The number of benzene rings is 1. The van der Waals surface area contributed by atoms with Gasteiger partial charge in [-0.2, -0.15) is 0 Å². The van der Waals surface area contributed by atoms with Crippen LogP contribution in [-0.4, -0.2) is 13.5 Å². The number of methoxy groups -OCH3 is 1. The molecule has 0 aliphatic carbocycles. The van der Waals surface area contributed by atoms with E-state index in [4.69, 9.17) is 10.5 Å². The lowest BCUT2D eigenvalue weighted by Crippen LogP contribution is -2.15. The molecule has 0 saturated carbocycles. The van der Waals surface area contributed by atoms with Gasteiger partial charge >= 0.3 is 0 Å². The Labute approximate surface area is 85.8 Å². The number of ether oxygens (including phenoxy) is 1. The van der Waals surface area contributed by atoms with Crippen molar-refractivity contribution >= 4 is 0 Å². The second kappa shape index (κ2) is 5.02. The Bertz CT molecular complexity index is 330. The SMILES string of the molecule is COc1cc(F)ccc1[C@@H](N)CC(F)F. The molecule has 0 saturated heterocycles. The van der Waals surface area contributed by atoms with Crippen molar-refractivity contribution in [3.63, 3.8) is 0 Å². The molecule has 2 nitrogen and oxygen atoms in total. The van der Waals surface area contributed by atoms with Crippen molar-refractivity contribution < 1.29 is 17.9 Å². The maximum Gasteiger partial charge on any atom is 0.240 e. The first-order valence-electron chi connectivity index (χ1n) is 4.41. The Morgan fingerprint density at radius 1 is 1.40 bits per heavy atom. The maximum absolute atomic E-state index is 12.8. The van der Waals surface area contributed by atoms with Crippen molar-refractivity contribution in [1.29, 1.82) is 0 Å². The average molecular weight is 219 g/mol. The Hall–Kier alpha value is -1.23. The molecule has 2 N–H and O–H groups in total. The minimum absolute atomic E-state index is 0.197. The molecular weight excluding hydrogens is 207 g/mol. The van der Waals surface area contributed by atoms with Gasteiger partial charge < -0.3 is 10.5 Å². The molecule has 0 spiro atoms. The van der Waals surface area contributed by atoms with E-state index in [1.165, 1.54) is 19.2 Å². The van der Waals surface area contributed by atoms with Crippen LogP contribution in [-0.2, 0) is 0 Å². The van der Waals surface area contributed by atoms with Gasteiger partial charge in [0.1, 0.15) is 11.6 Å². The number of rotatable bonds is 4. The van der Waals surface area contributed by atoms with E-state index < -0.39 is 24.7 Å². The molecule has 0 heterocycles. The number of hydrogen-bond acceptors (Lipinski definition) is 2. The highest BCUT2D eigenvalue weighted by atomic mass is 19.3. The second-order valence-electron chi connectivity index (χ2n) is 3.12. The van der Waals surface area contributed by atoms with E-state index in [9.17, 15) is 13.2 Å². The molecule has 15 heavy (non-hydrogen) atoms. The minimum Gasteiger partial charge on any atom is -0.496 e. The molecule has 1 atom stereocenters. The van der Waals surface area contributed by atoms with Crippen LogP contribution in [0.2, 0.25) is 0 Å². The Balaban J connectivity index is 2.92. The van der Waals surface area contributed by atoms with E-state index in [1.54, 1.807) is 0 Å². The smallest absolute Gasteiger partial charge is 0.240 e. The maximum atomic E-state index is 12.8. The summed E-state index contributed by atoms with van der Waals surface area (Å²) in [7, 11) is 1.34. The molecule has 5 heteroatoms. The zero-order valence-corrected chi connectivity index (χ0v) is 8.21. The van der Waals surface area contributed by atoms with Crippen LogP contribution < -0.4 is 10.5 Å². The van der Waals surface area contributed by atoms with E-state index in [2.05, 4.69) is 0 Å². The normalized spacial score (nSPS) is 12.9. The van der Waals surface area contributed by atoms with Crippen LogP contribution in [0.4, 0.5) is 13.2 Å². The molecule has 0 aromatic heterocycles. The van der Waals surface area contributed by atoms with Gasteiger partial charge in [-0.25, -0.2) is 13.2 Å². The third kappa shape index (κ3) is 3.13. The third-order valence-electron chi connectivity index (χ3n) is 2.03. The van der Waals surface area contributed by atoms with Gasteiger partial charge in [0.25, 0.3) is 0 Å². The van der Waals surface area contributed by atoms with E-state index in [-0.39, 0.29) is 5.75 Å². The summed E-state index contributed by atoms with van der Waals surface area (Å²) in [6, 6.07) is 2.81. The molecule has 0 fully saturated rings. The van der Waals surface area contributed by atoms with Crippen LogP contribution in [0.25, 0.3) is 0 Å². The van der Waals surface area contributed by atoms with Crippen LogP contribution in [0.3, 0.4) is 0 Å². The summed E-state index contributed by atoms with van der Waals surface area (Å²) < 4.78 is 41.8. The topological polar surface area (TPSA) is 35.2 Å². The van der Waals surface area contributed by atoms with E-state index in [0.717, 1.165) is 6.07 Å². The Morgan fingerprint density at radius 3 is 2.60 bits per heavy atom. The first-order valence-corrected chi connectivity index (χ1v) is 4.41. The van der Waals surface area contributed by atoms with Gasteiger partial charge in [-0.3, -0.25) is 0 Å². The molecule has 1 aromatic carbocycles. The highest BCUT2D eigenvalue weighted by Gasteiger charge is 2.17. The van der Waals surface area contributed by atoms with Crippen molar-refractivity contribution in [3.8, 4) is 5.75 Å². The summed E-state index contributed by atoms with van der Waals surface area (Å²) in [5, 5.41) is 0. The fourth-order valence-electron chi connectivity index (χ4n) is 1.31. The van der Waals surface area contributed by atoms with Gasteiger partial charge in [0.05, 0.1) is 7.11 Å². The first-order chi connectivity index (χ1) is 7.04. The lowest BCUT2D eigenvalue weighted by Gasteiger charge is -2.15. The van der Waals surface area contributed by atoms with Gasteiger partial charge in [-0.1, -0.05) is 6.07 Å². The number of alkyl halides is 2. The Kier molecular flexibility index (Phi) is 3.96. The summed E-state index contributed by atoms with van der Waals surface area (Å²) in [5.41, 5.74) is 5.93. The molecule has 0 aliphatic heterocycles. The van der Waals surface area contributed by atoms with Crippen molar-refractivity contribution in [2.45, 2.75) is 18.9 Å². The summed E-state index contributed by atoms with van der Waals surface area (Å²) in [4.78, 5) is 0. The van der Waals surface area contributed by atoms with Gasteiger partial charge in [0.2, 0.25) is 6.43 Å². The summed E-state index contributed by atoms with van der Waals surface area (Å²) >= 11 is 0. The van der Waals surface area contributed by atoms with E-state index in [0.29, 0.717) is 5.56 Å². The summed E-state index contributed by atoms with van der Waals surface area (Å²) in [6.45, 7) is 0. The fourth-order valence-corrected chi connectivity index (χ4v) is 1.31. The largest absolute Gasteiger partial charge is 0.496 e. The van der Waals surface area contributed by atoms with Crippen molar-refractivity contribution in [2.75, 3.05) is 7.11 Å². The second-order valence-corrected chi connectivity index (χ2v) is 3.12. The van der Waals surface area contributed by atoms with Crippen LogP contribution in [0.15, 0.2) is 18.2 Å². The Morgan fingerprint density at radius 2 is 2.07 bits per heavy atom. The minimum atomic E-state index is -2.49. The van der Waals surface area contributed by atoms with Crippen molar-refractivity contribution in [1.82, 2.24) is 0 Å². The lowest BCUT2D eigenvalue weighted by atomic mass is 10.0. The first kappa shape index (κ1) is 11.8. The van der Waals surface area contributed by atoms with Crippen LogP contribution in [0.5, 0.6) is 5.75 Å². The third-order valence-corrected chi connectivity index (χ3v) is 2.03. The lowest BCUT2D eigenvalue weighted by molar-refractivity contribution is 0.128. The molecule has 1 aromatic rings. The van der Waals surface area contributed by atoms with Crippen LogP contribution in [0.1, 0.15) is 18.0 Å². The zero-order valence-electron chi connectivity index (χ0n) is 8.21. The molecule has 1 rings (SSSR count). The van der Waals surface area contributed by atoms with Gasteiger partial charge in [0, 0.05) is 24.1 Å². The highest BCUT2D eigenvalue weighted by molar-refractivity contribution is 5.36. The summed E-state index contributed by atoms with van der Waals surface area (Å²) in [6.07, 6.45) is -2.96. The standard InChI is InChI=1S/C10H12F3NO/c1-15-9-4-6(11)2-3-7(9)8(14)5-10(12)13/h2-4,8,10H,5,14H2,1H3/t8-/m0/s1. The van der Waals surface area contributed by atoms with E-state index in [1.807, 2.05) is 0 Å². The molecule has 0 unspecified atom stereocenters. The fraction of sp³-hybridized carbons (Fsp3) is 0.400. The van der Waals surface area contributed by atoms with Crippen molar-refractivity contribution in [2.24, 2.45) is 5.73 Å². The quantitative estimate of drug-likeness (QED) is 0.844. The van der Waals surface area contributed by atoms with Crippen LogP contribution in [0, 0.1) is 5.82 Å². The number of halogens is 3. The molecule has 0 bridgehead atoms. The van der Waals surface area contributed by atoms with Crippen LogP contribution >= 0.6 is 0 Å². The predicted octanol–water partition coefficient (Wildman–Crippen LogP) is 2.49. The van der Waals surface area contributed by atoms with Crippen molar-refractivity contribution in [3.05, 3.63) is 29.6 Å². The molecule has 0 amide bonds.